The number of carbonyl (C=O) groups excluding carboxylic acids is 1. The number of carbonyl (C=O) groups is 2. The van der Waals surface area contributed by atoms with Gasteiger partial charge in [0.2, 0.25) is 5.91 Å². The van der Waals surface area contributed by atoms with Crippen molar-refractivity contribution in [1.29, 1.82) is 0 Å². The Hall–Kier alpha value is -1.95. The second-order valence-electron chi connectivity index (χ2n) is 5.16. The molecule has 0 saturated heterocycles. The fraction of sp³-hybridized carbons (Fsp3) is 0.375. The van der Waals surface area contributed by atoms with Gasteiger partial charge in [0.25, 0.3) is 0 Å². The fourth-order valence-electron chi connectivity index (χ4n) is 2.26. The number of hydrogen-bond donors (Lipinski definition) is 3. The Morgan fingerprint density at radius 3 is 2.95 bits per heavy atom. The number of benzene rings is 1. The first kappa shape index (κ1) is 16.4. The van der Waals surface area contributed by atoms with E-state index in [1.807, 2.05) is 12.3 Å². The third-order valence-electron chi connectivity index (χ3n) is 3.34. The van der Waals surface area contributed by atoms with Crippen molar-refractivity contribution in [1.82, 2.24) is 10.3 Å². The van der Waals surface area contributed by atoms with Gasteiger partial charge in [-0.25, -0.2) is 0 Å². The predicted octanol–water partition coefficient (Wildman–Crippen LogP) is 2.34. The van der Waals surface area contributed by atoms with Crippen LogP contribution in [-0.2, 0) is 16.0 Å². The Labute approximate surface area is 133 Å². The lowest BCUT2D eigenvalue weighted by molar-refractivity contribution is -0.133. The molecule has 2 aromatic rings. The van der Waals surface area contributed by atoms with Gasteiger partial charge < -0.3 is 15.4 Å². The number of aromatic amines is 1. The Bertz CT molecular complexity index is 666. The van der Waals surface area contributed by atoms with Gasteiger partial charge in [0.1, 0.15) is 0 Å². The first-order chi connectivity index (χ1) is 10.6. The summed E-state index contributed by atoms with van der Waals surface area (Å²) in [6, 6.07) is 6.24. The van der Waals surface area contributed by atoms with Crippen molar-refractivity contribution in [2.45, 2.75) is 19.8 Å². The van der Waals surface area contributed by atoms with Crippen LogP contribution in [0.2, 0.25) is 0 Å². The molecule has 0 bridgehead atoms. The average molecular weight is 320 g/mol. The Morgan fingerprint density at radius 1 is 1.36 bits per heavy atom. The molecule has 3 N–H and O–H groups in total. The van der Waals surface area contributed by atoms with Crippen molar-refractivity contribution in [3.63, 3.8) is 0 Å². The third-order valence-corrected chi connectivity index (χ3v) is 4.28. The number of aliphatic carboxylic acids is 1. The molecular weight excluding hydrogens is 300 g/mol. The number of fused-ring (bicyclic) bond motifs is 1. The summed E-state index contributed by atoms with van der Waals surface area (Å²) in [5.41, 5.74) is 3.44. The fourth-order valence-corrected chi connectivity index (χ4v) is 2.82. The molecule has 0 fully saturated rings. The van der Waals surface area contributed by atoms with E-state index in [4.69, 9.17) is 5.11 Å². The third kappa shape index (κ3) is 4.80. The van der Waals surface area contributed by atoms with Crippen molar-refractivity contribution in [3.05, 3.63) is 35.5 Å². The van der Waals surface area contributed by atoms with Crippen molar-refractivity contribution in [2.24, 2.45) is 0 Å². The summed E-state index contributed by atoms with van der Waals surface area (Å²) >= 11 is 1.30. The molecule has 1 heterocycles. The number of amides is 1. The molecule has 1 aromatic heterocycles. The maximum atomic E-state index is 11.8. The van der Waals surface area contributed by atoms with Gasteiger partial charge in [0.05, 0.1) is 5.75 Å². The number of carboxylic acids is 1. The maximum absolute atomic E-state index is 11.8. The van der Waals surface area contributed by atoms with Crippen LogP contribution in [-0.4, -0.2) is 40.0 Å². The van der Waals surface area contributed by atoms with Crippen LogP contribution < -0.4 is 5.32 Å². The van der Waals surface area contributed by atoms with E-state index in [0.717, 1.165) is 11.1 Å². The number of rotatable bonds is 8. The second-order valence-corrected chi connectivity index (χ2v) is 6.26. The highest BCUT2D eigenvalue weighted by Crippen LogP contribution is 2.20. The quantitative estimate of drug-likeness (QED) is 0.652. The molecule has 0 aliphatic rings. The minimum Gasteiger partial charge on any atom is -0.481 e. The van der Waals surface area contributed by atoms with Crippen LogP contribution >= 0.6 is 11.8 Å². The smallest absolute Gasteiger partial charge is 0.313 e. The molecule has 0 aliphatic heterocycles. The van der Waals surface area contributed by atoms with Crippen LogP contribution in [0.3, 0.4) is 0 Å². The van der Waals surface area contributed by atoms with E-state index in [9.17, 15) is 9.59 Å². The van der Waals surface area contributed by atoms with Gasteiger partial charge >= 0.3 is 5.97 Å². The van der Waals surface area contributed by atoms with Gasteiger partial charge in [0, 0.05) is 35.8 Å². The molecule has 22 heavy (non-hydrogen) atoms. The van der Waals surface area contributed by atoms with Crippen LogP contribution in [0.25, 0.3) is 10.9 Å². The number of hydrogen-bond acceptors (Lipinski definition) is 3. The summed E-state index contributed by atoms with van der Waals surface area (Å²) in [6.07, 6.45) is 3.09. The van der Waals surface area contributed by atoms with E-state index in [0.29, 0.717) is 25.1 Å². The van der Waals surface area contributed by atoms with Crippen LogP contribution in [0, 0.1) is 6.92 Å². The number of nitrogens with one attached hydrogen (secondary N) is 2. The lowest BCUT2D eigenvalue weighted by Gasteiger charge is -2.04. The van der Waals surface area contributed by atoms with E-state index in [1.165, 1.54) is 22.7 Å². The van der Waals surface area contributed by atoms with Crippen LogP contribution in [0.15, 0.2) is 24.4 Å². The molecule has 0 aliphatic carbocycles. The van der Waals surface area contributed by atoms with E-state index in [2.05, 4.69) is 29.4 Å². The Balaban J connectivity index is 1.76. The molecular formula is C16H20N2O3S. The normalized spacial score (nSPS) is 10.8. The molecule has 5 nitrogen and oxygen atoms in total. The molecule has 0 spiro atoms. The van der Waals surface area contributed by atoms with Crippen molar-refractivity contribution in [2.75, 3.05) is 18.1 Å². The maximum Gasteiger partial charge on any atom is 0.313 e. The lowest BCUT2D eigenvalue weighted by Crippen LogP contribution is -2.26. The molecule has 0 radical (unpaired) electrons. The number of H-pyrrole nitrogens is 1. The van der Waals surface area contributed by atoms with Crippen molar-refractivity contribution in [3.8, 4) is 0 Å². The number of carboxylic acid groups (broad SMARTS) is 1. The summed E-state index contributed by atoms with van der Waals surface area (Å²) in [5, 5.41) is 12.5. The average Bonchev–Trinajstić information content (AvgIpc) is 2.86. The zero-order valence-electron chi connectivity index (χ0n) is 12.5. The van der Waals surface area contributed by atoms with Crippen LogP contribution in [0.4, 0.5) is 0 Å². The number of aromatic nitrogens is 1. The summed E-state index contributed by atoms with van der Waals surface area (Å²) in [6.45, 7) is 2.56. The summed E-state index contributed by atoms with van der Waals surface area (Å²) in [5.74, 6) is -0.140. The van der Waals surface area contributed by atoms with Gasteiger partial charge in [-0.3, -0.25) is 9.59 Å². The Kier molecular flexibility index (Phi) is 5.89. The molecule has 2 rings (SSSR count). The summed E-state index contributed by atoms with van der Waals surface area (Å²) < 4.78 is 0. The molecule has 0 unspecified atom stereocenters. The molecule has 118 valence electrons. The van der Waals surface area contributed by atoms with E-state index >= 15 is 0 Å². The Morgan fingerprint density at radius 2 is 2.18 bits per heavy atom. The van der Waals surface area contributed by atoms with E-state index < -0.39 is 5.97 Å². The molecule has 1 amide bonds. The topological polar surface area (TPSA) is 82.2 Å². The zero-order valence-corrected chi connectivity index (χ0v) is 13.3. The predicted molar refractivity (Wildman–Crippen MR) is 89.3 cm³/mol. The molecule has 0 atom stereocenters. The molecule has 1 aromatic carbocycles. The van der Waals surface area contributed by atoms with Gasteiger partial charge in [-0.05, 0) is 31.0 Å². The van der Waals surface area contributed by atoms with Crippen molar-refractivity contribution < 1.29 is 14.7 Å². The minimum absolute atomic E-state index is 0.00192. The summed E-state index contributed by atoms with van der Waals surface area (Å²) in [4.78, 5) is 25.4. The standard InChI is InChI=1S/C16H20N2O3S/c1-11-2-4-14-13(8-11)12(9-18-14)3-5-15(19)17-6-7-22-10-16(20)21/h2,4,8-9,18H,3,5-7,10H2,1H3,(H,17,19)(H,20,21). The van der Waals surface area contributed by atoms with Crippen LogP contribution in [0.1, 0.15) is 17.5 Å². The summed E-state index contributed by atoms with van der Waals surface area (Å²) in [7, 11) is 0. The first-order valence-electron chi connectivity index (χ1n) is 7.19. The van der Waals surface area contributed by atoms with E-state index in [1.54, 1.807) is 0 Å². The highest BCUT2D eigenvalue weighted by atomic mass is 32.2. The van der Waals surface area contributed by atoms with Crippen LogP contribution in [0.5, 0.6) is 0 Å². The largest absolute Gasteiger partial charge is 0.481 e. The van der Waals surface area contributed by atoms with Gasteiger partial charge in [-0.2, -0.15) is 0 Å². The number of aryl methyl sites for hydroxylation is 2. The second kappa shape index (κ2) is 7.89. The zero-order chi connectivity index (χ0) is 15.9. The van der Waals surface area contributed by atoms with Gasteiger partial charge in [-0.1, -0.05) is 11.6 Å². The van der Waals surface area contributed by atoms with Gasteiger partial charge in [-0.15, -0.1) is 11.8 Å². The van der Waals surface area contributed by atoms with Crippen molar-refractivity contribution >= 4 is 34.5 Å². The highest BCUT2D eigenvalue weighted by molar-refractivity contribution is 7.99. The molecule has 6 heteroatoms. The van der Waals surface area contributed by atoms with Gasteiger partial charge in [0.15, 0.2) is 0 Å². The SMILES string of the molecule is Cc1ccc2[nH]cc(CCC(=O)NCCSCC(=O)O)c2c1. The van der Waals surface area contributed by atoms with E-state index in [-0.39, 0.29) is 11.7 Å². The number of thioether (sulfide) groups is 1. The highest BCUT2D eigenvalue weighted by Gasteiger charge is 2.07. The molecule has 0 saturated carbocycles. The lowest BCUT2D eigenvalue weighted by atomic mass is 10.1. The first-order valence-corrected chi connectivity index (χ1v) is 8.34. The minimum atomic E-state index is -0.828. The monoisotopic (exact) mass is 320 g/mol.